The molecule has 3 aliphatic rings. The number of ether oxygens (including phenoxy) is 6. The number of para-hydroxylation sites is 1. The summed E-state index contributed by atoms with van der Waals surface area (Å²) in [6, 6.07) is 9.61. The maximum absolute atomic E-state index is 13.2. The summed E-state index contributed by atoms with van der Waals surface area (Å²) < 4.78 is 36.8. The summed E-state index contributed by atoms with van der Waals surface area (Å²) in [6.07, 6.45) is 5.96. The maximum Gasteiger partial charge on any atom is 0.304 e. The van der Waals surface area contributed by atoms with Crippen molar-refractivity contribution in [2.45, 2.75) is 95.1 Å². The molecule has 1 saturated carbocycles. The highest BCUT2D eigenvalue weighted by atomic mass is 32.2. The highest BCUT2D eigenvalue weighted by molar-refractivity contribution is 7.99. The molecule has 0 amide bonds. The van der Waals surface area contributed by atoms with Gasteiger partial charge in [-0.2, -0.15) is 11.8 Å². The van der Waals surface area contributed by atoms with Crippen molar-refractivity contribution in [3.05, 3.63) is 30.3 Å². The number of carboxylic acid groups (broad SMARTS) is 1. The van der Waals surface area contributed by atoms with E-state index >= 15 is 0 Å². The van der Waals surface area contributed by atoms with E-state index in [1.165, 1.54) is 0 Å². The molecule has 40 heavy (non-hydrogen) atoms. The lowest BCUT2D eigenvalue weighted by molar-refractivity contribution is -0.226. The monoisotopic (exact) mass is 580 g/mol. The number of carboxylic acids is 1. The molecule has 0 spiro atoms. The number of hydrogen-bond donors (Lipinski definition) is 1. The molecule has 2 heterocycles. The first-order valence-corrected chi connectivity index (χ1v) is 15.9. The van der Waals surface area contributed by atoms with Crippen molar-refractivity contribution in [2.75, 3.05) is 37.9 Å². The third-order valence-corrected chi connectivity index (χ3v) is 8.51. The first-order valence-electron chi connectivity index (χ1n) is 14.7. The molecule has 9 nitrogen and oxygen atoms in total. The van der Waals surface area contributed by atoms with Crippen LogP contribution in [0.4, 0.5) is 0 Å². The van der Waals surface area contributed by atoms with Gasteiger partial charge in [-0.3, -0.25) is 9.59 Å². The van der Waals surface area contributed by atoms with Crippen LogP contribution < -0.4 is 4.74 Å². The number of ketones is 1. The van der Waals surface area contributed by atoms with Crippen LogP contribution >= 0.6 is 11.8 Å². The summed E-state index contributed by atoms with van der Waals surface area (Å²) in [4.78, 5) is 23.9. The van der Waals surface area contributed by atoms with E-state index in [-0.39, 0.29) is 49.5 Å². The number of thioether (sulfide) groups is 1. The largest absolute Gasteiger partial charge is 0.491 e. The Kier molecular flexibility index (Phi) is 13.5. The molecule has 224 valence electrons. The van der Waals surface area contributed by atoms with Crippen LogP contribution in [0.1, 0.15) is 64.2 Å². The molecule has 1 aromatic carbocycles. The zero-order valence-electron chi connectivity index (χ0n) is 23.3. The van der Waals surface area contributed by atoms with Gasteiger partial charge in [0.25, 0.3) is 0 Å². The zero-order chi connectivity index (χ0) is 28.0. The zero-order valence-corrected chi connectivity index (χ0v) is 24.1. The van der Waals surface area contributed by atoms with Crippen molar-refractivity contribution >= 4 is 23.5 Å². The molecule has 0 radical (unpaired) electrons. The minimum atomic E-state index is -0.788. The van der Waals surface area contributed by atoms with Gasteiger partial charge in [0.15, 0.2) is 12.6 Å². The topological polar surface area (TPSA) is 110 Å². The Bertz CT molecular complexity index is 873. The number of hydrogen-bond acceptors (Lipinski definition) is 9. The molecule has 3 fully saturated rings. The molecular weight excluding hydrogens is 536 g/mol. The summed E-state index contributed by atoms with van der Waals surface area (Å²) in [6.45, 7) is 1.90. The highest BCUT2D eigenvalue weighted by Crippen LogP contribution is 2.34. The van der Waals surface area contributed by atoms with Crippen molar-refractivity contribution in [2.24, 2.45) is 5.92 Å². The molecule has 2 saturated heterocycles. The molecule has 4 rings (SSSR count). The van der Waals surface area contributed by atoms with Crippen molar-refractivity contribution in [3.63, 3.8) is 0 Å². The maximum atomic E-state index is 13.2. The number of rotatable bonds is 17. The van der Waals surface area contributed by atoms with E-state index in [2.05, 4.69) is 0 Å². The second-order valence-corrected chi connectivity index (χ2v) is 11.8. The minimum absolute atomic E-state index is 0.146. The quantitative estimate of drug-likeness (QED) is 0.257. The van der Waals surface area contributed by atoms with Crippen LogP contribution in [0, 0.1) is 5.92 Å². The molecule has 1 aromatic rings. The van der Waals surface area contributed by atoms with Gasteiger partial charge in [0, 0.05) is 31.3 Å². The second kappa shape index (κ2) is 17.3. The molecule has 1 aliphatic carbocycles. The van der Waals surface area contributed by atoms with Gasteiger partial charge >= 0.3 is 5.97 Å². The van der Waals surface area contributed by atoms with Gasteiger partial charge in [-0.15, -0.1) is 0 Å². The van der Waals surface area contributed by atoms with Crippen LogP contribution in [0.3, 0.4) is 0 Å². The van der Waals surface area contributed by atoms with Gasteiger partial charge in [-0.25, -0.2) is 0 Å². The number of Topliss-reactive ketones (excluding diaryl/α,β-unsaturated/α-hetero) is 1. The van der Waals surface area contributed by atoms with Gasteiger partial charge in [-0.1, -0.05) is 18.2 Å². The van der Waals surface area contributed by atoms with E-state index in [4.69, 9.17) is 33.5 Å². The summed E-state index contributed by atoms with van der Waals surface area (Å²) >= 11 is 1.60. The summed E-state index contributed by atoms with van der Waals surface area (Å²) in [5.41, 5.74) is 0. The fraction of sp³-hybridized carbons (Fsp3) is 0.733. The predicted molar refractivity (Wildman–Crippen MR) is 151 cm³/mol. The molecule has 0 aromatic heterocycles. The fourth-order valence-corrected chi connectivity index (χ4v) is 6.24. The number of aliphatic carboxylic acids is 1. The SMILES string of the molecule is O=C(O)CCSCCCC1C(=O)CC(OC2CCCCO2)C1OCC(COc1ccccc1)OC1CCCCO1. The Hall–Kier alpha value is -1.69. The third-order valence-electron chi connectivity index (χ3n) is 7.44. The average molecular weight is 581 g/mol. The molecular formula is C30H44O9S. The van der Waals surface area contributed by atoms with Crippen LogP contribution in [0.5, 0.6) is 5.75 Å². The van der Waals surface area contributed by atoms with Gasteiger partial charge in [0.2, 0.25) is 0 Å². The number of carbonyl (C=O) groups excluding carboxylic acids is 1. The van der Waals surface area contributed by atoms with Crippen molar-refractivity contribution < 1.29 is 43.1 Å². The first-order chi connectivity index (χ1) is 19.6. The van der Waals surface area contributed by atoms with E-state index in [1.807, 2.05) is 30.3 Å². The van der Waals surface area contributed by atoms with E-state index in [1.54, 1.807) is 11.8 Å². The van der Waals surface area contributed by atoms with Crippen LogP contribution in [-0.2, 0) is 33.3 Å². The molecule has 10 heteroatoms. The van der Waals surface area contributed by atoms with Crippen LogP contribution in [0.25, 0.3) is 0 Å². The van der Waals surface area contributed by atoms with Crippen LogP contribution in [0.2, 0.25) is 0 Å². The summed E-state index contributed by atoms with van der Waals surface area (Å²) in [5.74, 6) is 1.21. The average Bonchev–Trinajstić information content (AvgIpc) is 3.26. The van der Waals surface area contributed by atoms with Crippen molar-refractivity contribution in [1.82, 2.24) is 0 Å². The van der Waals surface area contributed by atoms with Crippen LogP contribution in [-0.4, -0.2) is 85.7 Å². The standard InChI is InChI=1S/C30H44O9S/c31-25-19-26(39-29-13-5-7-16-35-29)30(24(25)11-8-17-40-18-14-27(32)33)37-21-23(38-28-12-4-6-15-34-28)20-36-22-9-2-1-3-10-22/h1-3,9-10,23-24,26,28-30H,4-8,11-21H2,(H,32,33). The van der Waals surface area contributed by atoms with Crippen molar-refractivity contribution in [1.29, 1.82) is 0 Å². The Morgan fingerprint density at radius 1 is 1.00 bits per heavy atom. The Morgan fingerprint density at radius 3 is 2.45 bits per heavy atom. The van der Waals surface area contributed by atoms with E-state index in [0.29, 0.717) is 38.4 Å². The number of benzene rings is 1. The lowest BCUT2D eigenvalue weighted by atomic mass is 9.98. The Morgan fingerprint density at radius 2 is 1.75 bits per heavy atom. The molecule has 6 unspecified atom stereocenters. The first kappa shape index (κ1) is 31.3. The van der Waals surface area contributed by atoms with Gasteiger partial charge in [0.1, 0.15) is 24.2 Å². The lowest BCUT2D eigenvalue weighted by Gasteiger charge is -2.32. The second-order valence-electron chi connectivity index (χ2n) is 10.6. The number of carbonyl (C=O) groups is 2. The van der Waals surface area contributed by atoms with E-state index in [0.717, 1.165) is 56.4 Å². The Labute approximate surface area is 241 Å². The summed E-state index contributed by atoms with van der Waals surface area (Å²) in [5, 5.41) is 8.86. The summed E-state index contributed by atoms with van der Waals surface area (Å²) in [7, 11) is 0. The highest BCUT2D eigenvalue weighted by Gasteiger charge is 2.45. The van der Waals surface area contributed by atoms with E-state index in [9.17, 15) is 9.59 Å². The van der Waals surface area contributed by atoms with E-state index < -0.39 is 12.1 Å². The van der Waals surface area contributed by atoms with Crippen molar-refractivity contribution in [3.8, 4) is 5.75 Å². The smallest absolute Gasteiger partial charge is 0.304 e. The fourth-order valence-electron chi connectivity index (χ4n) is 5.35. The van der Waals surface area contributed by atoms with Gasteiger partial charge in [0.05, 0.1) is 25.2 Å². The van der Waals surface area contributed by atoms with Gasteiger partial charge in [-0.05, 0) is 69.3 Å². The van der Waals surface area contributed by atoms with Crippen LogP contribution in [0.15, 0.2) is 30.3 Å². The normalized spacial score (nSPS) is 27.9. The Balaban J connectivity index is 1.37. The third kappa shape index (κ3) is 10.6. The lowest BCUT2D eigenvalue weighted by Crippen LogP contribution is -2.40. The molecule has 2 aliphatic heterocycles. The molecule has 0 bridgehead atoms. The van der Waals surface area contributed by atoms with Gasteiger partial charge < -0.3 is 33.5 Å². The predicted octanol–water partition coefficient (Wildman–Crippen LogP) is 4.85. The molecule has 1 N–H and O–H groups in total. The molecule has 6 atom stereocenters. The minimum Gasteiger partial charge on any atom is -0.491 e.